The Bertz CT molecular complexity index is 201. The molecule has 0 atom stereocenters. The molecule has 94 valence electrons. The summed E-state index contributed by atoms with van der Waals surface area (Å²) in [5, 5.41) is 0. The molecule has 1 aliphatic heterocycles. The normalized spacial score (nSPS) is 34.5. The molecule has 3 heteroatoms. The van der Waals surface area contributed by atoms with Crippen molar-refractivity contribution < 1.29 is 0 Å². The molecule has 0 aromatic heterocycles. The summed E-state index contributed by atoms with van der Waals surface area (Å²) in [7, 11) is 4.42. The summed E-state index contributed by atoms with van der Waals surface area (Å²) >= 11 is 0. The van der Waals surface area contributed by atoms with E-state index in [9.17, 15) is 0 Å². The summed E-state index contributed by atoms with van der Waals surface area (Å²) < 4.78 is 0. The Hall–Kier alpha value is -0.120. The highest BCUT2D eigenvalue weighted by Gasteiger charge is 2.28. The third-order valence-electron chi connectivity index (χ3n) is 4.49. The van der Waals surface area contributed by atoms with Gasteiger partial charge in [-0.3, -0.25) is 0 Å². The van der Waals surface area contributed by atoms with E-state index in [1.165, 1.54) is 51.6 Å². The summed E-state index contributed by atoms with van der Waals surface area (Å²) in [6.45, 7) is 2.59. The molecule has 0 amide bonds. The highest BCUT2D eigenvalue weighted by molar-refractivity contribution is 4.85. The molecular formula is C13H27N3. The van der Waals surface area contributed by atoms with Gasteiger partial charge in [-0.1, -0.05) is 0 Å². The molecule has 0 bridgehead atoms. The summed E-state index contributed by atoms with van der Waals surface area (Å²) in [5.74, 6) is 0. The second kappa shape index (κ2) is 5.48. The number of rotatable bonds is 2. The van der Waals surface area contributed by atoms with Crippen LogP contribution in [0.2, 0.25) is 0 Å². The van der Waals surface area contributed by atoms with E-state index in [1.54, 1.807) is 0 Å². The van der Waals surface area contributed by atoms with Crippen LogP contribution < -0.4 is 5.73 Å². The van der Waals surface area contributed by atoms with Crippen molar-refractivity contribution in [3.63, 3.8) is 0 Å². The fraction of sp³-hybridized carbons (Fsp3) is 1.00. The predicted molar refractivity (Wildman–Crippen MR) is 68.5 cm³/mol. The van der Waals surface area contributed by atoms with E-state index in [2.05, 4.69) is 23.9 Å². The molecule has 1 saturated heterocycles. The van der Waals surface area contributed by atoms with Crippen LogP contribution in [-0.2, 0) is 0 Å². The van der Waals surface area contributed by atoms with Crippen LogP contribution in [0.5, 0.6) is 0 Å². The highest BCUT2D eigenvalue weighted by atomic mass is 15.2. The molecule has 0 aromatic carbocycles. The third kappa shape index (κ3) is 2.96. The van der Waals surface area contributed by atoms with Crippen molar-refractivity contribution >= 4 is 0 Å². The van der Waals surface area contributed by atoms with E-state index < -0.39 is 0 Å². The second-order valence-corrected chi connectivity index (χ2v) is 5.80. The van der Waals surface area contributed by atoms with Crippen LogP contribution in [0.1, 0.15) is 38.5 Å². The van der Waals surface area contributed by atoms with Crippen LogP contribution in [0.15, 0.2) is 0 Å². The van der Waals surface area contributed by atoms with Crippen molar-refractivity contribution in [2.75, 3.05) is 27.2 Å². The maximum Gasteiger partial charge on any atom is 0.0113 e. The quantitative estimate of drug-likeness (QED) is 0.768. The Kier molecular flexibility index (Phi) is 4.22. The first-order chi connectivity index (χ1) is 7.66. The van der Waals surface area contributed by atoms with E-state index in [0.29, 0.717) is 6.04 Å². The molecule has 1 saturated carbocycles. The van der Waals surface area contributed by atoms with Gasteiger partial charge >= 0.3 is 0 Å². The fourth-order valence-electron chi connectivity index (χ4n) is 3.23. The first-order valence-electron chi connectivity index (χ1n) is 6.83. The molecule has 0 unspecified atom stereocenters. The molecule has 0 aromatic rings. The molecule has 2 rings (SSSR count). The SMILES string of the molecule is CN(C)C1CCN(C2CCC(N)CC2)CC1. The Morgan fingerprint density at radius 2 is 1.50 bits per heavy atom. The zero-order valence-electron chi connectivity index (χ0n) is 10.9. The van der Waals surface area contributed by atoms with E-state index in [1.807, 2.05) is 0 Å². The van der Waals surface area contributed by atoms with Crippen molar-refractivity contribution in [3.05, 3.63) is 0 Å². The monoisotopic (exact) mass is 225 g/mol. The molecular weight excluding hydrogens is 198 g/mol. The van der Waals surface area contributed by atoms with Gasteiger partial charge in [0.25, 0.3) is 0 Å². The number of likely N-dealkylation sites (tertiary alicyclic amines) is 1. The van der Waals surface area contributed by atoms with Crippen molar-refractivity contribution in [1.82, 2.24) is 9.80 Å². The number of nitrogens with two attached hydrogens (primary N) is 1. The average molecular weight is 225 g/mol. The van der Waals surface area contributed by atoms with Gasteiger partial charge in [0.2, 0.25) is 0 Å². The highest BCUT2D eigenvalue weighted by Crippen LogP contribution is 2.25. The first-order valence-corrected chi connectivity index (χ1v) is 6.83. The lowest BCUT2D eigenvalue weighted by Gasteiger charge is -2.41. The minimum atomic E-state index is 0.482. The van der Waals surface area contributed by atoms with Crippen molar-refractivity contribution in [2.24, 2.45) is 5.73 Å². The van der Waals surface area contributed by atoms with E-state index in [4.69, 9.17) is 5.73 Å². The van der Waals surface area contributed by atoms with Gasteiger partial charge in [0, 0.05) is 18.1 Å². The number of hydrogen-bond acceptors (Lipinski definition) is 3. The maximum absolute atomic E-state index is 5.96. The maximum atomic E-state index is 5.96. The lowest BCUT2D eigenvalue weighted by molar-refractivity contribution is 0.0868. The van der Waals surface area contributed by atoms with Gasteiger partial charge in [-0.15, -0.1) is 0 Å². The van der Waals surface area contributed by atoms with Gasteiger partial charge in [-0.2, -0.15) is 0 Å². The molecule has 3 nitrogen and oxygen atoms in total. The zero-order valence-corrected chi connectivity index (χ0v) is 10.9. The topological polar surface area (TPSA) is 32.5 Å². The second-order valence-electron chi connectivity index (χ2n) is 5.80. The Labute approximate surface area is 100.0 Å². The third-order valence-corrected chi connectivity index (χ3v) is 4.49. The van der Waals surface area contributed by atoms with Crippen molar-refractivity contribution in [3.8, 4) is 0 Å². The van der Waals surface area contributed by atoms with Crippen LogP contribution in [0.3, 0.4) is 0 Å². The Morgan fingerprint density at radius 3 is 2.00 bits per heavy atom. The zero-order chi connectivity index (χ0) is 11.5. The molecule has 2 fully saturated rings. The standard InChI is InChI=1S/C13H27N3/c1-15(2)12-7-9-16(10-8-12)13-5-3-11(14)4-6-13/h11-13H,3-10,14H2,1-2H3. The van der Waals surface area contributed by atoms with Gasteiger partial charge in [-0.25, -0.2) is 0 Å². The van der Waals surface area contributed by atoms with Gasteiger partial charge in [0.15, 0.2) is 0 Å². The first kappa shape index (κ1) is 12.3. The lowest BCUT2D eigenvalue weighted by atomic mass is 9.89. The molecule has 2 aliphatic rings. The average Bonchev–Trinajstić information content (AvgIpc) is 2.30. The smallest absolute Gasteiger partial charge is 0.0113 e. The van der Waals surface area contributed by atoms with Crippen molar-refractivity contribution in [1.29, 1.82) is 0 Å². The predicted octanol–water partition coefficient (Wildman–Crippen LogP) is 1.28. The number of hydrogen-bond donors (Lipinski definition) is 1. The fourth-order valence-corrected chi connectivity index (χ4v) is 3.23. The van der Waals surface area contributed by atoms with Crippen LogP contribution in [0, 0.1) is 0 Å². The molecule has 0 spiro atoms. The van der Waals surface area contributed by atoms with E-state index >= 15 is 0 Å². The molecule has 1 heterocycles. The van der Waals surface area contributed by atoms with Gasteiger partial charge in [-0.05, 0) is 65.7 Å². The Morgan fingerprint density at radius 1 is 0.938 bits per heavy atom. The van der Waals surface area contributed by atoms with Crippen molar-refractivity contribution in [2.45, 2.75) is 56.7 Å². The minimum absolute atomic E-state index is 0.482. The minimum Gasteiger partial charge on any atom is -0.328 e. The van der Waals surface area contributed by atoms with Crippen LogP contribution in [0.25, 0.3) is 0 Å². The van der Waals surface area contributed by atoms with Crippen LogP contribution in [0.4, 0.5) is 0 Å². The molecule has 16 heavy (non-hydrogen) atoms. The van der Waals surface area contributed by atoms with Crippen LogP contribution >= 0.6 is 0 Å². The molecule has 0 radical (unpaired) electrons. The molecule has 1 aliphatic carbocycles. The molecule has 2 N–H and O–H groups in total. The van der Waals surface area contributed by atoms with Crippen LogP contribution in [-0.4, -0.2) is 55.1 Å². The summed E-state index contributed by atoms with van der Waals surface area (Å²) in [6, 6.07) is 2.13. The number of piperidine rings is 1. The summed E-state index contributed by atoms with van der Waals surface area (Å²) in [4.78, 5) is 5.10. The largest absolute Gasteiger partial charge is 0.328 e. The van der Waals surface area contributed by atoms with Gasteiger partial charge < -0.3 is 15.5 Å². The van der Waals surface area contributed by atoms with E-state index in [0.717, 1.165) is 12.1 Å². The number of nitrogens with zero attached hydrogens (tertiary/aromatic N) is 2. The summed E-state index contributed by atoms with van der Waals surface area (Å²) in [6.07, 6.45) is 7.81. The van der Waals surface area contributed by atoms with Gasteiger partial charge in [0.05, 0.1) is 0 Å². The lowest BCUT2D eigenvalue weighted by Crippen LogP contribution is -2.48. The van der Waals surface area contributed by atoms with E-state index in [-0.39, 0.29) is 0 Å². The Balaban J connectivity index is 1.76. The summed E-state index contributed by atoms with van der Waals surface area (Å²) in [5.41, 5.74) is 5.96. The van der Waals surface area contributed by atoms with Gasteiger partial charge in [0.1, 0.15) is 0 Å².